The normalized spacial score (nSPS) is 21.6. The van der Waals surface area contributed by atoms with Crippen molar-refractivity contribution in [3.8, 4) is 11.6 Å². The van der Waals surface area contributed by atoms with Crippen molar-refractivity contribution in [3.05, 3.63) is 82.5 Å². The number of esters is 2. The predicted octanol–water partition coefficient (Wildman–Crippen LogP) is 3.85. The van der Waals surface area contributed by atoms with E-state index in [4.69, 9.17) is 33.7 Å². The van der Waals surface area contributed by atoms with Gasteiger partial charge in [-0.05, 0) is 44.0 Å². The molecule has 0 aliphatic carbocycles. The maximum Gasteiger partial charge on any atom is 0.459 e. The first-order valence-electron chi connectivity index (χ1n) is 15.6. The number of imidazole rings is 1. The Kier molecular flexibility index (Phi) is 11.4. The number of nitrogens with zero attached hydrogens (tertiary/aromatic N) is 7. The average molecular weight is 726 g/mol. The van der Waals surface area contributed by atoms with Crippen LogP contribution >= 0.6 is 7.75 Å². The van der Waals surface area contributed by atoms with E-state index in [-0.39, 0.29) is 47.5 Å². The first-order valence-corrected chi connectivity index (χ1v) is 17.1. The van der Waals surface area contributed by atoms with Crippen molar-refractivity contribution in [1.82, 2.24) is 24.6 Å². The number of carbonyl (C=O) groups excluding carboxylic acids is 2. The number of nitrogens with one attached hydrogen (secondary N) is 1. The van der Waals surface area contributed by atoms with E-state index in [9.17, 15) is 24.8 Å². The number of para-hydroxylation sites is 1. The molecule has 4 aromatic rings. The molecule has 1 fully saturated rings. The molecule has 270 valence electrons. The number of methoxy groups -OCH3 is 1. The molecule has 0 saturated carbocycles. The quantitative estimate of drug-likeness (QED) is 0.0517. The number of hydrogen-bond acceptors (Lipinski definition) is 15. The van der Waals surface area contributed by atoms with Gasteiger partial charge in [0.1, 0.15) is 35.6 Å². The zero-order valence-corrected chi connectivity index (χ0v) is 28.9. The number of aromatic nitrogens is 4. The molecular weight excluding hydrogens is 689 g/mol. The standard InChI is InChI=1S/C31H36N9O10P/c1-5-46-26-23-25(35-30(32)36-26)40(17-34-23)29-31(3,38-39-33)24(41)22(49-29)16-48-51(44,50-21-14-10-9-13-20(21)28(43)45-4)37-18(2)27(42)47-15-19-11-7-6-8-12-19/h6-14,17-18,22,24,29,41H,5,15-16H2,1-4H3,(H,37,44)(H2,32,35,36)/t18-,22+,24+,29+,31+,51?/m0/s1. The molecule has 20 heteroatoms. The number of carbonyl (C=O) groups is 2. The summed E-state index contributed by atoms with van der Waals surface area (Å²) >= 11 is 0. The van der Waals surface area contributed by atoms with E-state index in [2.05, 4.69) is 30.1 Å². The van der Waals surface area contributed by atoms with Gasteiger partial charge in [0.15, 0.2) is 17.4 Å². The molecule has 6 atom stereocenters. The minimum atomic E-state index is -4.63. The molecule has 1 unspecified atom stereocenters. The molecular formula is C31H36N9O10P. The maximum atomic E-state index is 14.4. The Hall–Kier alpha value is -5.29. The smallest absolute Gasteiger partial charge is 0.459 e. The number of ether oxygens (including phenoxy) is 4. The van der Waals surface area contributed by atoms with Gasteiger partial charge in [-0.3, -0.25) is 13.9 Å². The molecule has 0 spiro atoms. The highest BCUT2D eigenvalue weighted by molar-refractivity contribution is 7.52. The van der Waals surface area contributed by atoms with E-state index < -0.39 is 56.3 Å². The van der Waals surface area contributed by atoms with Crippen LogP contribution in [0.2, 0.25) is 0 Å². The van der Waals surface area contributed by atoms with Gasteiger partial charge in [0.05, 0.1) is 32.8 Å². The highest BCUT2D eigenvalue weighted by Crippen LogP contribution is 2.49. The van der Waals surface area contributed by atoms with E-state index in [1.807, 2.05) is 6.07 Å². The molecule has 0 bridgehead atoms. The third-order valence-corrected chi connectivity index (χ3v) is 9.43. The lowest BCUT2D eigenvalue weighted by molar-refractivity contribution is -0.146. The molecule has 51 heavy (non-hydrogen) atoms. The Morgan fingerprint density at radius 2 is 1.94 bits per heavy atom. The van der Waals surface area contributed by atoms with Crippen LogP contribution in [0.15, 0.2) is 66.0 Å². The number of rotatable bonds is 15. The Morgan fingerprint density at radius 3 is 2.65 bits per heavy atom. The summed E-state index contributed by atoms with van der Waals surface area (Å²) in [4.78, 5) is 41.0. The zero-order valence-electron chi connectivity index (χ0n) is 28.0. The summed E-state index contributed by atoms with van der Waals surface area (Å²) in [6.07, 6.45) is -2.80. The fourth-order valence-electron chi connectivity index (χ4n) is 5.26. The minimum absolute atomic E-state index is 0.0596. The fourth-order valence-corrected chi connectivity index (χ4v) is 6.78. The fraction of sp³-hybridized carbons (Fsp3) is 0.387. The molecule has 3 heterocycles. The van der Waals surface area contributed by atoms with Crippen molar-refractivity contribution in [1.29, 1.82) is 0 Å². The number of aliphatic hydroxyl groups excluding tert-OH is 1. The number of azide groups is 1. The van der Waals surface area contributed by atoms with Gasteiger partial charge >= 0.3 is 19.7 Å². The first kappa shape index (κ1) is 37.0. The number of anilines is 1. The van der Waals surface area contributed by atoms with E-state index in [0.29, 0.717) is 0 Å². The third kappa shape index (κ3) is 8.04. The van der Waals surface area contributed by atoms with E-state index in [1.54, 1.807) is 31.2 Å². The summed E-state index contributed by atoms with van der Waals surface area (Å²) < 4.78 is 49.3. The van der Waals surface area contributed by atoms with Crippen LogP contribution < -0.4 is 20.1 Å². The Bertz CT molecular complexity index is 1980. The van der Waals surface area contributed by atoms with Crippen molar-refractivity contribution in [2.75, 3.05) is 26.1 Å². The van der Waals surface area contributed by atoms with Crippen LogP contribution in [0.4, 0.5) is 5.95 Å². The molecule has 1 aliphatic rings. The minimum Gasteiger partial charge on any atom is -0.476 e. The molecule has 0 amide bonds. The van der Waals surface area contributed by atoms with Gasteiger partial charge < -0.3 is 34.3 Å². The number of nitrogens with two attached hydrogens (primary N) is 1. The highest BCUT2D eigenvalue weighted by atomic mass is 31.2. The molecule has 2 aromatic carbocycles. The predicted molar refractivity (Wildman–Crippen MR) is 179 cm³/mol. The number of fused-ring (bicyclic) bond motifs is 1. The Morgan fingerprint density at radius 1 is 1.22 bits per heavy atom. The van der Waals surface area contributed by atoms with Gasteiger partial charge in [0.25, 0.3) is 0 Å². The van der Waals surface area contributed by atoms with Crippen LogP contribution in [-0.4, -0.2) is 80.7 Å². The molecule has 1 aliphatic heterocycles. The van der Waals surface area contributed by atoms with Crippen molar-refractivity contribution in [2.24, 2.45) is 5.11 Å². The highest BCUT2D eigenvalue weighted by Gasteiger charge is 2.55. The second-order valence-corrected chi connectivity index (χ2v) is 13.0. The summed E-state index contributed by atoms with van der Waals surface area (Å²) in [6, 6.07) is 13.4. The lowest BCUT2D eigenvalue weighted by atomic mass is 9.93. The van der Waals surface area contributed by atoms with Gasteiger partial charge in [-0.1, -0.05) is 47.6 Å². The van der Waals surface area contributed by atoms with Crippen molar-refractivity contribution >= 4 is 36.8 Å². The second-order valence-electron chi connectivity index (χ2n) is 11.3. The van der Waals surface area contributed by atoms with Gasteiger partial charge in [0.2, 0.25) is 11.8 Å². The zero-order chi connectivity index (χ0) is 36.8. The molecule has 19 nitrogen and oxygen atoms in total. The SMILES string of the molecule is CCOc1nc(N)nc2c1ncn2[C@@H]1O[C@H](COP(=O)(N[C@@H](C)C(=O)OCc2ccccc2)Oc2ccccc2C(=O)OC)[C@@H](O)[C@@]1(C)N=[N+]=[N-]. The molecule has 0 radical (unpaired) electrons. The van der Waals surface area contributed by atoms with Gasteiger partial charge in [-0.2, -0.15) is 15.1 Å². The van der Waals surface area contributed by atoms with E-state index in [0.717, 1.165) is 12.7 Å². The average Bonchev–Trinajstić information content (AvgIpc) is 3.64. The third-order valence-electron chi connectivity index (χ3n) is 7.80. The van der Waals surface area contributed by atoms with Gasteiger partial charge in [-0.25, -0.2) is 14.3 Å². The molecule has 1 saturated heterocycles. The van der Waals surface area contributed by atoms with Crippen LogP contribution in [0.1, 0.15) is 42.9 Å². The summed E-state index contributed by atoms with van der Waals surface area (Å²) in [6.45, 7) is 4.13. The van der Waals surface area contributed by atoms with Crippen molar-refractivity contribution in [3.63, 3.8) is 0 Å². The molecule has 4 N–H and O–H groups in total. The van der Waals surface area contributed by atoms with Crippen LogP contribution in [0.5, 0.6) is 11.6 Å². The maximum absolute atomic E-state index is 14.4. The van der Waals surface area contributed by atoms with E-state index >= 15 is 0 Å². The second kappa shape index (κ2) is 15.7. The number of hydrogen-bond donors (Lipinski definition) is 3. The van der Waals surface area contributed by atoms with Crippen molar-refractivity contribution in [2.45, 2.75) is 57.4 Å². The summed E-state index contributed by atoms with van der Waals surface area (Å²) in [5, 5.41) is 17.9. The number of nitrogen functional groups attached to an aromatic ring is 1. The first-order chi connectivity index (χ1) is 24.4. The van der Waals surface area contributed by atoms with Crippen LogP contribution in [0.3, 0.4) is 0 Å². The largest absolute Gasteiger partial charge is 0.476 e. The summed E-state index contributed by atoms with van der Waals surface area (Å²) in [7, 11) is -3.46. The summed E-state index contributed by atoms with van der Waals surface area (Å²) in [5.41, 5.74) is 14.7. The topological polar surface area (TPSA) is 257 Å². The lowest BCUT2D eigenvalue weighted by Gasteiger charge is -2.28. The molecule has 2 aromatic heterocycles. The van der Waals surface area contributed by atoms with E-state index in [1.165, 1.54) is 49.0 Å². The molecule has 5 rings (SSSR count). The van der Waals surface area contributed by atoms with Gasteiger partial charge in [-0.15, -0.1) is 0 Å². The monoisotopic (exact) mass is 725 g/mol. The number of aliphatic hydroxyl groups is 1. The number of benzene rings is 2. The Balaban J connectivity index is 1.42. The van der Waals surface area contributed by atoms with Crippen LogP contribution in [0.25, 0.3) is 21.6 Å². The lowest BCUT2D eigenvalue weighted by Crippen LogP contribution is -2.43. The summed E-state index contributed by atoms with van der Waals surface area (Å²) in [5.74, 6) is -1.80. The van der Waals surface area contributed by atoms with Crippen LogP contribution in [-0.2, 0) is 34.7 Å². The Labute approximate surface area is 291 Å². The van der Waals surface area contributed by atoms with Crippen molar-refractivity contribution < 1.29 is 47.3 Å². The van der Waals surface area contributed by atoms with Crippen LogP contribution in [0, 0.1) is 0 Å². The van der Waals surface area contributed by atoms with Gasteiger partial charge in [0, 0.05) is 4.91 Å².